The largest absolute Gasteiger partial charge is 0.508 e. The third-order valence-corrected chi connectivity index (χ3v) is 14.1. The van der Waals surface area contributed by atoms with Gasteiger partial charge in [0.15, 0.2) is 0 Å². The summed E-state index contributed by atoms with van der Waals surface area (Å²) in [6.45, 7) is 11.0. The van der Waals surface area contributed by atoms with Gasteiger partial charge in [-0.2, -0.15) is 0 Å². The Hall–Kier alpha value is -6.82. The number of methoxy groups -OCH3 is 2. The Balaban J connectivity index is 1.11. The smallest absolute Gasteiger partial charge is 0.324 e. The molecule has 4 amide bonds. The molecule has 17 heteroatoms. The molecule has 0 saturated carbocycles. The number of aryl methyl sites for hydroxylation is 1. The molecule has 382 valence electrons. The summed E-state index contributed by atoms with van der Waals surface area (Å²) in [6, 6.07) is 17.0. The van der Waals surface area contributed by atoms with E-state index in [0.29, 0.717) is 49.3 Å². The summed E-state index contributed by atoms with van der Waals surface area (Å²) in [7, 11) is 6.33. The van der Waals surface area contributed by atoms with Gasteiger partial charge in [0, 0.05) is 75.0 Å². The monoisotopic (exact) mass is 985 g/mol. The molecular weight excluding hydrogens is 917 g/mol. The second-order valence-corrected chi connectivity index (χ2v) is 20.5. The number of carbonyl (C=O) groups excluding carboxylic acids is 5. The average Bonchev–Trinajstić information content (AvgIpc) is 4.11. The Labute approximate surface area is 421 Å². The highest BCUT2D eigenvalue weighted by molar-refractivity contribution is 5.96. The first-order valence-corrected chi connectivity index (χ1v) is 24.8. The highest BCUT2D eigenvalue weighted by Crippen LogP contribution is 2.41. The number of phenols is 1. The van der Waals surface area contributed by atoms with Crippen LogP contribution in [0.2, 0.25) is 0 Å². The minimum atomic E-state index is -1.20. The first-order chi connectivity index (χ1) is 34.4. The van der Waals surface area contributed by atoms with Crippen LogP contribution in [0.25, 0.3) is 33.3 Å². The topological polar surface area (TPSA) is 207 Å². The zero-order valence-corrected chi connectivity index (χ0v) is 42.8. The Morgan fingerprint density at radius 2 is 1.78 bits per heavy atom. The molecule has 5 atom stereocenters. The number of cyclic esters (lactones) is 1. The molecule has 0 radical (unpaired) electrons. The Bertz CT molecular complexity index is 2840. The summed E-state index contributed by atoms with van der Waals surface area (Å²) in [4.78, 5) is 78.0. The molecule has 3 aromatic carbocycles. The quantitative estimate of drug-likeness (QED) is 0.0847. The van der Waals surface area contributed by atoms with Gasteiger partial charge < -0.3 is 39.0 Å². The summed E-state index contributed by atoms with van der Waals surface area (Å²) < 4.78 is 19.3. The number of ether oxygens (including phenoxy) is 3. The van der Waals surface area contributed by atoms with Crippen molar-refractivity contribution in [2.45, 2.75) is 104 Å². The van der Waals surface area contributed by atoms with Crippen molar-refractivity contribution in [1.82, 2.24) is 40.4 Å². The molecule has 6 bridgehead atoms. The van der Waals surface area contributed by atoms with E-state index in [1.165, 1.54) is 21.9 Å². The Morgan fingerprint density at radius 3 is 2.49 bits per heavy atom. The Morgan fingerprint density at radius 1 is 1.01 bits per heavy atom. The number of carbonyl (C=O) groups is 5. The van der Waals surface area contributed by atoms with Gasteiger partial charge in [0.05, 0.1) is 38.6 Å². The third kappa shape index (κ3) is 11.0. The lowest BCUT2D eigenvalue weighted by atomic mass is 9.84. The number of rotatable bonds is 13. The van der Waals surface area contributed by atoms with Crippen LogP contribution >= 0.6 is 0 Å². The van der Waals surface area contributed by atoms with Gasteiger partial charge >= 0.3 is 5.97 Å². The number of phenolic OH excluding ortho intramolecular Hbond substituents is 1. The molecule has 3 aliphatic rings. The number of esters is 1. The molecule has 2 aromatic heterocycles. The summed E-state index contributed by atoms with van der Waals surface area (Å²) in [6.07, 6.45) is 5.05. The molecule has 2 fully saturated rings. The molecule has 0 unspecified atom stereocenters. The van der Waals surface area contributed by atoms with Gasteiger partial charge in [0.25, 0.3) is 5.91 Å². The molecular formula is C55H68N8O9. The van der Waals surface area contributed by atoms with E-state index in [1.54, 1.807) is 39.6 Å². The fraction of sp³-hybridized carbons (Fsp3) is 0.455. The van der Waals surface area contributed by atoms with E-state index in [-0.39, 0.29) is 43.8 Å². The van der Waals surface area contributed by atoms with E-state index in [9.17, 15) is 29.1 Å². The standard InChI is InChI=1S/C55H68N8O9/c1-10-62-45-18-15-35-26-40(45)41(50(62)42-28-56-20-19-36(42)30-70-8)27-55(4,5)31-72-54(69)43-12-11-21-63(59-43)52(67)44(24-33-22-37(35)25-38(64)23-33)57-51(66)49(32(2)3)61(7)46(65)29-60(6)53(68)48-47(58-48)34-13-16-39(71-9)17-14-34/h13-20,22-23,25-26,28,32,43-44,47-49,58-59,64H,10-12,21,24,27,29-31H2,1-9H3,(H,57,66)/t43-,44-,47+,48-,49-/m0/s1. The van der Waals surface area contributed by atoms with Gasteiger partial charge in [-0.3, -0.25) is 39.3 Å². The molecule has 0 spiro atoms. The van der Waals surface area contributed by atoms with Crippen molar-refractivity contribution >= 4 is 40.5 Å². The normalized spacial score (nSPS) is 20.3. The fourth-order valence-corrected chi connectivity index (χ4v) is 10.4. The molecule has 3 aliphatic heterocycles. The first kappa shape index (κ1) is 51.5. The summed E-state index contributed by atoms with van der Waals surface area (Å²) in [5.74, 6) is -2.03. The predicted octanol–water partition coefficient (Wildman–Crippen LogP) is 5.55. The van der Waals surface area contributed by atoms with E-state index in [0.717, 1.165) is 44.4 Å². The number of aromatic hydroxyl groups is 1. The van der Waals surface area contributed by atoms with Gasteiger partial charge in [0.1, 0.15) is 35.7 Å². The number of hydrogen-bond acceptors (Lipinski definition) is 12. The van der Waals surface area contributed by atoms with Crippen molar-refractivity contribution in [1.29, 1.82) is 0 Å². The van der Waals surface area contributed by atoms with E-state index >= 15 is 0 Å². The molecule has 5 aromatic rings. The van der Waals surface area contributed by atoms with Gasteiger partial charge in [-0.05, 0) is 108 Å². The van der Waals surface area contributed by atoms with E-state index in [1.807, 2.05) is 62.5 Å². The van der Waals surface area contributed by atoms with Gasteiger partial charge in [-0.15, -0.1) is 0 Å². The van der Waals surface area contributed by atoms with Crippen molar-refractivity contribution < 1.29 is 43.3 Å². The maximum Gasteiger partial charge on any atom is 0.324 e. The number of nitrogens with zero attached hydrogens (tertiary/aromatic N) is 5. The molecule has 17 nitrogen and oxygen atoms in total. The SMILES string of the molecule is CCn1c(-c2cnccc2COC)c2c3cc(ccc31)-c1cc(O)cc(c1)C[C@H](NC(=O)[C@H](C(C)C)N(C)C(=O)CN(C)C(=O)[C@H]1N[C@@H]1c1ccc(OC)cc1)C(=O)N1CCC[C@H](N1)C(=O)OCC(C)(C)C2. The van der Waals surface area contributed by atoms with Crippen LogP contribution < -0.4 is 20.8 Å². The number of fused-ring (bicyclic) bond motifs is 6. The number of amides is 4. The number of nitrogens with one attached hydrogen (secondary N) is 3. The van der Waals surface area contributed by atoms with Crippen molar-refractivity contribution in [2.24, 2.45) is 11.3 Å². The van der Waals surface area contributed by atoms with Crippen LogP contribution in [0.3, 0.4) is 0 Å². The van der Waals surface area contributed by atoms with Crippen LogP contribution in [0.5, 0.6) is 11.5 Å². The van der Waals surface area contributed by atoms with Crippen molar-refractivity contribution in [3.05, 3.63) is 101 Å². The molecule has 4 N–H and O–H groups in total. The minimum absolute atomic E-state index is 0.0260. The van der Waals surface area contributed by atoms with Gasteiger partial charge in [0.2, 0.25) is 17.7 Å². The average molecular weight is 985 g/mol. The van der Waals surface area contributed by atoms with Gasteiger partial charge in [-0.25, -0.2) is 5.43 Å². The highest BCUT2D eigenvalue weighted by atomic mass is 16.5. The first-order valence-electron chi connectivity index (χ1n) is 24.8. The number of hydrazine groups is 1. The summed E-state index contributed by atoms with van der Waals surface area (Å²) >= 11 is 0. The zero-order chi connectivity index (χ0) is 51.6. The van der Waals surface area contributed by atoms with Crippen LogP contribution in [0, 0.1) is 11.3 Å². The van der Waals surface area contributed by atoms with E-state index in [2.05, 4.69) is 58.5 Å². The van der Waals surface area contributed by atoms with Crippen LogP contribution in [0.1, 0.15) is 75.8 Å². The predicted molar refractivity (Wildman–Crippen MR) is 272 cm³/mol. The summed E-state index contributed by atoms with van der Waals surface area (Å²) in [5, 5.41) is 19.9. The number of likely N-dealkylation sites (N-methyl/N-ethyl adjacent to an activating group) is 2. The number of pyridine rings is 1. The molecule has 72 heavy (non-hydrogen) atoms. The molecule has 5 heterocycles. The molecule has 2 saturated heterocycles. The maximum atomic E-state index is 14.8. The fourth-order valence-electron chi connectivity index (χ4n) is 10.4. The van der Waals surface area contributed by atoms with Gasteiger partial charge in [-0.1, -0.05) is 52.0 Å². The van der Waals surface area contributed by atoms with Crippen molar-refractivity contribution in [2.75, 3.05) is 48.0 Å². The Kier molecular flexibility index (Phi) is 15.4. The number of benzene rings is 3. The molecule has 0 aliphatic carbocycles. The summed E-state index contributed by atoms with van der Waals surface area (Å²) in [5.41, 5.74) is 10.5. The van der Waals surface area contributed by atoms with Crippen molar-refractivity contribution in [3.8, 4) is 33.9 Å². The minimum Gasteiger partial charge on any atom is -0.508 e. The second kappa shape index (κ2) is 21.5. The second-order valence-electron chi connectivity index (χ2n) is 20.5. The van der Waals surface area contributed by atoms with Crippen LogP contribution in [0.15, 0.2) is 79.1 Å². The lowest BCUT2D eigenvalue weighted by Crippen LogP contribution is -2.62. The van der Waals surface area contributed by atoms with E-state index in [4.69, 9.17) is 14.2 Å². The van der Waals surface area contributed by atoms with Crippen LogP contribution in [-0.4, -0.2) is 131 Å². The molecule has 8 rings (SSSR count). The van der Waals surface area contributed by atoms with E-state index < -0.39 is 59.2 Å². The zero-order valence-electron chi connectivity index (χ0n) is 42.8. The maximum absolute atomic E-state index is 14.8. The van der Waals surface area contributed by atoms with Crippen LogP contribution in [-0.2, 0) is 59.4 Å². The third-order valence-electron chi connectivity index (χ3n) is 14.1. The lowest BCUT2D eigenvalue weighted by Gasteiger charge is -2.37. The number of hydrogen-bond donors (Lipinski definition) is 4. The van der Waals surface area contributed by atoms with Crippen LogP contribution in [0.4, 0.5) is 0 Å². The highest BCUT2D eigenvalue weighted by Gasteiger charge is 2.45. The lowest BCUT2D eigenvalue weighted by molar-refractivity contribution is -0.155. The van der Waals surface area contributed by atoms with Crippen molar-refractivity contribution in [3.63, 3.8) is 0 Å². The number of aromatic nitrogens is 2.